The summed E-state index contributed by atoms with van der Waals surface area (Å²) in [6.07, 6.45) is 1.43. The molecular weight excluding hydrogens is 213 g/mol. The summed E-state index contributed by atoms with van der Waals surface area (Å²) in [7, 11) is 0. The summed E-state index contributed by atoms with van der Waals surface area (Å²) in [5, 5.41) is 0. The van der Waals surface area contributed by atoms with E-state index in [0.29, 0.717) is 5.56 Å². The van der Waals surface area contributed by atoms with Gasteiger partial charge in [-0.1, -0.05) is 30.3 Å². The molecule has 0 unspecified atom stereocenters. The van der Waals surface area contributed by atoms with Crippen LogP contribution in [0.15, 0.2) is 42.6 Å². The number of rotatable bonds is 2. The van der Waals surface area contributed by atoms with Crippen LogP contribution in [-0.2, 0) is 5.88 Å². The quantitative estimate of drug-likeness (QED) is 0.558. The lowest BCUT2D eigenvalue weighted by Crippen LogP contribution is -1.93. The van der Waals surface area contributed by atoms with E-state index in [4.69, 9.17) is 11.6 Å². The molecule has 1 aromatic carbocycles. The van der Waals surface area contributed by atoms with Gasteiger partial charge in [0.05, 0.1) is 0 Å². The molecule has 1 nitrogen and oxygen atoms in total. The molecule has 0 aliphatic heterocycles. The third-order valence-electron chi connectivity index (χ3n) is 2.20. The van der Waals surface area contributed by atoms with Gasteiger partial charge in [0.15, 0.2) is 0 Å². The van der Waals surface area contributed by atoms with Crippen molar-refractivity contribution in [2.75, 3.05) is 0 Å². The lowest BCUT2D eigenvalue weighted by atomic mass is 10.0. The fourth-order valence-electron chi connectivity index (χ4n) is 1.49. The Morgan fingerprint density at radius 2 is 1.87 bits per heavy atom. The molecule has 0 amide bonds. The van der Waals surface area contributed by atoms with Crippen LogP contribution in [0.4, 0.5) is 4.39 Å². The summed E-state index contributed by atoms with van der Waals surface area (Å²) < 4.78 is 13.6. The Balaban J connectivity index is 2.61. The van der Waals surface area contributed by atoms with E-state index in [-0.39, 0.29) is 5.88 Å². The Labute approximate surface area is 92.5 Å². The summed E-state index contributed by atoms with van der Waals surface area (Å²) in [6.45, 7) is 0. The number of nitrogens with zero attached hydrogens (tertiary/aromatic N) is 1. The average Bonchev–Trinajstić information content (AvgIpc) is 2.29. The smallest absolute Gasteiger partial charge is 0.221 e. The highest BCUT2D eigenvalue weighted by molar-refractivity contribution is 6.17. The maximum atomic E-state index is 13.6. The van der Waals surface area contributed by atoms with Crippen LogP contribution in [0.3, 0.4) is 0 Å². The van der Waals surface area contributed by atoms with Crippen molar-refractivity contribution >= 4 is 11.6 Å². The molecule has 1 heterocycles. The molecule has 3 heteroatoms. The second kappa shape index (κ2) is 4.41. The molecule has 2 rings (SSSR count). The van der Waals surface area contributed by atoms with Crippen molar-refractivity contribution in [3.8, 4) is 11.1 Å². The van der Waals surface area contributed by atoms with Crippen molar-refractivity contribution in [2.45, 2.75) is 5.88 Å². The van der Waals surface area contributed by atoms with Gasteiger partial charge in [-0.2, -0.15) is 4.39 Å². The Bertz CT molecular complexity index is 456. The zero-order valence-electron chi connectivity index (χ0n) is 7.95. The highest BCUT2D eigenvalue weighted by Gasteiger charge is 2.10. The maximum Gasteiger partial charge on any atom is 0.221 e. The third-order valence-corrected chi connectivity index (χ3v) is 2.49. The summed E-state index contributed by atoms with van der Waals surface area (Å²) in [5.74, 6) is -0.191. The number of alkyl halides is 1. The summed E-state index contributed by atoms with van der Waals surface area (Å²) in [6, 6.07) is 11.0. The minimum Gasteiger partial charge on any atom is -0.228 e. The summed E-state index contributed by atoms with van der Waals surface area (Å²) in [4.78, 5) is 3.64. The third kappa shape index (κ3) is 2.00. The van der Waals surface area contributed by atoms with Gasteiger partial charge in [0.1, 0.15) is 0 Å². The van der Waals surface area contributed by atoms with E-state index >= 15 is 0 Å². The van der Waals surface area contributed by atoms with Gasteiger partial charge in [-0.3, -0.25) is 0 Å². The second-order valence-electron chi connectivity index (χ2n) is 3.14. The normalized spacial score (nSPS) is 10.3. The second-order valence-corrected chi connectivity index (χ2v) is 3.40. The van der Waals surface area contributed by atoms with Gasteiger partial charge in [-0.15, -0.1) is 11.6 Å². The van der Waals surface area contributed by atoms with Gasteiger partial charge in [-0.25, -0.2) is 4.98 Å². The number of halogens is 2. The fraction of sp³-hybridized carbons (Fsp3) is 0.0833. The maximum absolute atomic E-state index is 13.6. The van der Waals surface area contributed by atoms with E-state index in [1.165, 1.54) is 6.20 Å². The Kier molecular flexibility index (Phi) is 2.97. The average molecular weight is 222 g/mol. The van der Waals surface area contributed by atoms with Gasteiger partial charge >= 0.3 is 0 Å². The molecule has 2 aromatic rings. The molecule has 0 saturated carbocycles. The monoisotopic (exact) mass is 221 g/mol. The Hall–Kier alpha value is -1.41. The van der Waals surface area contributed by atoms with Crippen LogP contribution in [0.2, 0.25) is 0 Å². The first kappa shape index (κ1) is 10.1. The Morgan fingerprint density at radius 1 is 1.13 bits per heavy atom. The van der Waals surface area contributed by atoms with E-state index in [1.54, 1.807) is 6.07 Å². The van der Waals surface area contributed by atoms with E-state index in [9.17, 15) is 4.39 Å². The lowest BCUT2D eigenvalue weighted by molar-refractivity contribution is 0.586. The molecule has 0 spiro atoms. The highest BCUT2D eigenvalue weighted by Crippen LogP contribution is 2.26. The lowest BCUT2D eigenvalue weighted by Gasteiger charge is -2.07. The highest BCUT2D eigenvalue weighted by atomic mass is 35.5. The molecule has 0 aliphatic carbocycles. The number of pyridine rings is 1. The predicted molar refractivity (Wildman–Crippen MR) is 59.2 cm³/mol. The number of benzene rings is 1. The van der Waals surface area contributed by atoms with Crippen LogP contribution in [0.1, 0.15) is 5.56 Å². The molecule has 0 bridgehead atoms. The molecule has 0 aliphatic rings. The van der Waals surface area contributed by atoms with Crippen LogP contribution in [0.5, 0.6) is 0 Å². The molecule has 15 heavy (non-hydrogen) atoms. The van der Waals surface area contributed by atoms with Crippen molar-refractivity contribution in [1.82, 2.24) is 4.98 Å². The molecule has 1 aromatic heterocycles. The van der Waals surface area contributed by atoms with Crippen LogP contribution in [0, 0.1) is 5.95 Å². The molecule has 0 atom stereocenters. The number of hydrogen-bond donors (Lipinski definition) is 0. The van der Waals surface area contributed by atoms with Gasteiger partial charge in [0.25, 0.3) is 0 Å². The molecule has 0 fully saturated rings. The van der Waals surface area contributed by atoms with Crippen LogP contribution in [-0.4, -0.2) is 4.98 Å². The number of aromatic nitrogens is 1. The van der Waals surface area contributed by atoms with Crippen LogP contribution in [0.25, 0.3) is 11.1 Å². The van der Waals surface area contributed by atoms with Crippen molar-refractivity contribution in [3.05, 3.63) is 54.1 Å². The van der Waals surface area contributed by atoms with Crippen LogP contribution < -0.4 is 0 Å². The first-order valence-electron chi connectivity index (χ1n) is 4.57. The largest absolute Gasteiger partial charge is 0.228 e. The molecule has 76 valence electrons. The standard InChI is InChI=1S/C12H9ClFN/c13-8-10-6-7-15-12(14)11(10)9-4-2-1-3-5-9/h1-7H,8H2. The van der Waals surface area contributed by atoms with Gasteiger partial charge in [-0.05, 0) is 17.2 Å². The van der Waals surface area contributed by atoms with Crippen LogP contribution >= 0.6 is 11.6 Å². The van der Waals surface area contributed by atoms with Gasteiger partial charge in [0.2, 0.25) is 5.95 Å². The zero-order valence-corrected chi connectivity index (χ0v) is 8.71. The van der Waals surface area contributed by atoms with E-state index in [1.807, 2.05) is 30.3 Å². The topological polar surface area (TPSA) is 12.9 Å². The van der Waals surface area contributed by atoms with Crippen molar-refractivity contribution < 1.29 is 4.39 Å². The minimum atomic E-state index is -0.473. The van der Waals surface area contributed by atoms with Gasteiger partial charge in [0, 0.05) is 17.6 Å². The van der Waals surface area contributed by atoms with Crippen molar-refractivity contribution in [1.29, 1.82) is 0 Å². The minimum absolute atomic E-state index is 0.281. The molecule has 0 saturated heterocycles. The number of hydrogen-bond acceptors (Lipinski definition) is 1. The first-order chi connectivity index (χ1) is 7.33. The Morgan fingerprint density at radius 3 is 2.53 bits per heavy atom. The zero-order chi connectivity index (χ0) is 10.7. The summed E-state index contributed by atoms with van der Waals surface area (Å²) in [5.41, 5.74) is 2.06. The van der Waals surface area contributed by atoms with E-state index < -0.39 is 5.95 Å². The molecule has 0 radical (unpaired) electrons. The van der Waals surface area contributed by atoms with Crippen molar-refractivity contribution in [2.24, 2.45) is 0 Å². The van der Waals surface area contributed by atoms with Gasteiger partial charge < -0.3 is 0 Å². The SMILES string of the molecule is Fc1nccc(CCl)c1-c1ccccc1. The fourth-order valence-corrected chi connectivity index (χ4v) is 1.72. The van der Waals surface area contributed by atoms with E-state index in [2.05, 4.69) is 4.98 Å². The predicted octanol–water partition coefficient (Wildman–Crippen LogP) is 3.63. The summed E-state index contributed by atoms with van der Waals surface area (Å²) >= 11 is 5.76. The molecule has 0 N–H and O–H groups in total. The van der Waals surface area contributed by atoms with E-state index in [0.717, 1.165) is 11.1 Å². The van der Waals surface area contributed by atoms with Crippen molar-refractivity contribution in [3.63, 3.8) is 0 Å². The molecular formula is C12H9ClFN. The first-order valence-corrected chi connectivity index (χ1v) is 5.11.